The molecule has 0 spiro atoms. The molecule has 5 nitrogen and oxygen atoms in total. The molecule has 130 valence electrons. The minimum atomic E-state index is -0.396. The summed E-state index contributed by atoms with van der Waals surface area (Å²) in [5.74, 6) is -0.271. The number of rotatable bonds is 3. The number of hydrogen-bond donors (Lipinski definition) is 0. The van der Waals surface area contributed by atoms with Gasteiger partial charge in [-0.25, -0.2) is 9.48 Å². The largest absolute Gasteiger partial charge is 0.465 e. The summed E-state index contributed by atoms with van der Waals surface area (Å²) in [5, 5.41) is 4.75. The van der Waals surface area contributed by atoms with Gasteiger partial charge in [-0.15, -0.1) is 0 Å². The van der Waals surface area contributed by atoms with E-state index in [0.717, 1.165) is 29.8 Å². The van der Waals surface area contributed by atoms with Crippen LogP contribution in [0.15, 0.2) is 54.6 Å². The number of esters is 1. The van der Waals surface area contributed by atoms with Gasteiger partial charge < -0.3 is 4.74 Å². The SMILES string of the molecule is COC(=O)c1cccc(-n2nc(-c3ccccc3)c3c2CCCC3=O)c1. The van der Waals surface area contributed by atoms with Crippen molar-refractivity contribution in [2.24, 2.45) is 0 Å². The van der Waals surface area contributed by atoms with Crippen molar-refractivity contribution >= 4 is 11.8 Å². The Morgan fingerprint density at radius 2 is 1.88 bits per heavy atom. The van der Waals surface area contributed by atoms with Crippen LogP contribution in [0.25, 0.3) is 16.9 Å². The maximum absolute atomic E-state index is 12.6. The summed E-state index contributed by atoms with van der Waals surface area (Å²) in [6.45, 7) is 0. The van der Waals surface area contributed by atoms with Crippen molar-refractivity contribution in [2.45, 2.75) is 19.3 Å². The number of carbonyl (C=O) groups excluding carboxylic acids is 2. The van der Waals surface area contributed by atoms with Crippen molar-refractivity contribution in [1.29, 1.82) is 0 Å². The quantitative estimate of drug-likeness (QED) is 0.676. The molecule has 1 heterocycles. The lowest BCUT2D eigenvalue weighted by Crippen LogP contribution is -2.13. The molecule has 3 aromatic rings. The van der Waals surface area contributed by atoms with E-state index < -0.39 is 5.97 Å². The highest BCUT2D eigenvalue weighted by atomic mass is 16.5. The summed E-state index contributed by atoms with van der Waals surface area (Å²) in [4.78, 5) is 24.5. The highest BCUT2D eigenvalue weighted by Crippen LogP contribution is 2.32. The van der Waals surface area contributed by atoms with Crippen LogP contribution in [0.1, 0.15) is 39.3 Å². The van der Waals surface area contributed by atoms with Crippen molar-refractivity contribution < 1.29 is 14.3 Å². The van der Waals surface area contributed by atoms with Crippen LogP contribution in [0.5, 0.6) is 0 Å². The summed E-state index contributed by atoms with van der Waals surface area (Å²) in [6.07, 6.45) is 2.13. The molecule has 0 aliphatic heterocycles. The molecule has 0 bridgehead atoms. The fraction of sp³-hybridized carbons (Fsp3) is 0.190. The predicted octanol–water partition coefficient (Wildman–Crippen LogP) is 3.84. The zero-order valence-corrected chi connectivity index (χ0v) is 14.4. The van der Waals surface area contributed by atoms with E-state index in [-0.39, 0.29) is 5.78 Å². The molecule has 26 heavy (non-hydrogen) atoms. The molecule has 1 aliphatic carbocycles. The first kappa shape index (κ1) is 16.3. The number of ketones is 1. The summed E-state index contributed by atoms with van der Waals surface area (Å²) < 4.78 is 6.60. The first-order valence-electron chi connectivity index (χ1n) is 8.58. The molecule has 0 fully saturated rings. The summed E-state index contributed by atoms with van der Waals surface area (Å²) in [5.41, 5.74) is 4.43. The first-order valence-corrected chi connectivity index (χ1v) is 8.58. The second kappa shape index (κ2) is 6.59. The minimum Gasteiger partial charge on any atom is -0.465 e. The standard InChI is InChI=1S/C21H18N2O3/c1-26-21(25)15-9-5-10-16(13-15)23-17-11-6-12-18(24)19(17)20(22-23)14-7-3-2-4-8-14/h2-5,7-10,13H,6,11-12H2,1H3. The number of nitrogens with zero attached hydrogens (tertiary/aromatic N) is 2. The van der Waals surface area contributed by atoms with E-state index in [2.05, 4.69) is 0 Å². The number of benzene rings is 2. The number of hydrogen-bond acceptors (Lipinski definition) is 4. The van der Waals surface area contributed by atoms with E-state index in [0.29, 0.717) is 23.2 Å². The summed E-state index contributed by atoms with van der Waals surface area (Å²) in [7, 11) is 1.36. The summed E-state index contributed by atoms with van der Waals surface area (Å²) in [6, 6.07) is 16.9. The molecule has 0 N–H and O–H groups in total. The fourth-order valence-corrected chi connectivity index (χ4v) is 3.41. The van der Waals surface area contributed by atoms with Crippen molar-refractivity contribution in [1.82, 2.24) is 9.78 Å². The molecule has 0 atom stereocenters. The van der Waals surface area contributed by atoms with Gasteiger partial charge in [0.15, 0.2) is 5.78 Å². The highest BCUT2D eigenvalue weighted by Gasteiger charge is 2.28. The Bertz CT molecular complexity index is 990. The second-order valence-electron chi connectivity index (χ2n) is 6.27. The predicted molar refractivity (Wildman–Crippen MR) is 97.6 cm³/mol. The molecule has 1 aliphatic rings. The van der Waals surface area contributed by atoms with Gasteiger partial charge in [-0.2, -0.15) is 5.10 Å². The Morgan fingerprint density at radius 1 is 1.08 bits per heavy atom. The van der Waals surface area contributed by atoms with Crippen molar-refractivity contribution in [2.75, 3.05) is 7.11 Å². The van der Waals surface area contributed by atoms with Gasteiger partial charge in [0.1, 0.15) is 5.69 Å². The Balaban J connectivity index is 1.91. The second-order valence-corrected chi connectivity index (χ2v) is 6.27. The molecule has 0 radical (unpaired) electrons. The smallest absolute Gasteiger partial charge is 0.337 e. The molecule has 0 saturated heterocycles. The lowest BCUT2D eigenvalue weighted by atomic mass is 9.92. The Kier molecular flexibility index (Phi) is 4.13. The van der Waals surface area contributed by atoms with Crippen LogP contribution >= 0.6 is 0 Å². The van der Waals surface area contributed by atoms with Crippen LogP contribution < -0.4 is 0 Å². The van der Waals surface area contributed by atoms with Crippen LogP contribution in [0.3, 0.4) is 0 Å². The van der Waals surface area contributed by atoms with Gasteiger partial charge in [0.05, 0.1) is 29.6 Å². The molecule has 1 aromatic heterocycles. The Hall–Kier alpha value is -3.21. The number of fused-ring (bicyclic) bond motifs is 1. The third-order valence-electron chi connectivity index (χ3n) is 4.64. The molecule has 4 rings (SSSR count). The van der Waals surface area contributed by atoms with Crippen molar-refractivity contribution in [3.63, 3.8) is 0 Å². The highest BCUT2D eigenvalue weighted by molar-refractivity contribution is 6.03. The van der Waals surface area contributed by atoms with Gasteiger partial charge in [0, 0.05) is 12.0 Å². The lowest BCUT2D eigenvalue weighted by molar-refractivity contribution is 0.0600. The van der Waals surface area contributed by atoms with E-state index in [1.165, 1.54) is 7.11 Å². The van der Waals surface area contributed by atoms with Gasteiger partial charge in [-0.1, -0.05) is 36.4 Å². The van der Waals surface area contributed by atoms with Gasteiger partial charge in [-0.05, 0) is 31.0 Å². The van der Waals surface area contributed by atoms with Gasteiger partial charge in [0.25, 0.3) is 0 Å². The monoisotopic (exact) mass is 346 g/mol. The molecule has 5 heteroatoms. The maximum Gasteiger partial charge on any atom is 0.337 e. The third-order valence-corrected chi connectivity index (χ3v) is 4.64. The van der Waals surface area contributed by atoms with E-state index >= 15 is 0 Å². The van der Waals surface area contributed by atoms with Crippen LogP contribution in [0.2, 0.25) is 0 Å². The molecule has 0 amide bonds. The number of aromatic nitrogens is 2. The summed E-state index contributed by atoms with van der Waals surface area (Å²) >= 11 is 0. The Labute approximate surface area is 151 Å². The van der Waals surface area contributed by atoms with E-state index in [4.69, 9.17) is 9.84 Å². The van der Waals surface area contributed by atoms with Crippen LogP contribution in [-0.2, 0) is 11.2 Å². The Morgan fingerprint density at radius 3 is 2.65 bits per heavy atom. The zero-order chi connectivity index (χ0) is 18.1. The molecular formula is C21H18N2O3. The van der Waals surface area contributed by atoms with Crippen LogP contribution in [-0.4, -0.2) is 28.6 Å². The number of methoxy groups -OCH3 is 1. The lowest BCUT2D eigenvalue weighted by Gasteiger charge is -2.14. The van der Waals surface area contributed by atoms with Gasteiger partial charge in [0.2, 0.25) is 0 Å². The van der Waals surface area contributed by atoms with E-state index in [1.54, 1.807) is 22.9 Å². The van der Waals surface area contributed by atoms with Crippen LogP contribution in [0.4, 0.5) is 0 Å². The molecule has 0 saturated carbocycles. The van der Waals surface area contributed by atoms with E-state index in [9.17, 15) is 9.59 Å². The fourth-order valence-electron chi connectivity index (χ4n) is 3.41. The average Bonchev–Trinajstić information content (AvgIpc) is 3.09. The number of carbonyl (C=O) groups is 2. The normalized spacial score (nSPS) is 13.3. The number of Topliss-reactive ketones (excluding diaryl/α,β-unsaturated/α-hetero) is 1. The number of ether oxygens (including phenoxy) is 1. The van der Waals surface area contributed by atoms with Crippen molar-refractivity contribution in [3.8, 4) is 16.9 Å². The van der Waals surface area contributed by atoms with Gasteiger partial charge in [-0.3, -0.25) is 4.79 Å². The van der Waals surface area contributed by atoms with Crippen molar-refractivity contribution in [3.05, 3.63) is 71.4 Å². The van der Waals surface area contributed by atoms with E-state index in [1.807, 2.05) is 36.4 Å². The average molecular weight is 346 g/mol. The molecule has 0 unspecified atom stereocenters. The zero-order valence-electron chi connectivity index (χ0n) is 14.4. The maximum atomic E-state index is 12.6. The minimum absolute atomic E-state index is 0.125. The van der Waals surface area contributed by atoms with Crippen LogP contribution in [0, 0.1) is 0 Å². The topological polar surface area (TPSA) is 61.2 Å². The first-order chi connectivity index (χ1) is 12.7. The van der Waals surface area contributed by atoms with Gasteiger partial charge >= 0.3 is 5.97 Å². The molecular weight excluding hydrogens is 328 g/mol. The molecule has 2 aromatic carbocycles. The third kappa shape index (κ3) is 2.71.